The van der Waals surface area contributed by atoms with Crippen LogP contribution in [0.1, 0.15) is 40.0 Å². The van der Waals surface area contributed by atoms with E-state index in [9.17, 15) is 18.0 Å². The third kappa shape index (κ3) is 1.82. The minimum absolute atomic E-state index is 0.134. The third-order valence-corrected chi connectivity index (χ3v) is 6.07. The van der Waals surface area contributed by atoms with Gasteiger partial charge in [0.15, 0.2) is 0 Å². The first kappa shape index (κ1) is 14.5. The summed E-state index contributed by atoms with van der Waals surface area (Å²) in [5.41, 5.74) is -2.48. The summed E-state index contributed by atoms with van der Waals surface area (Å²) in [7, 11) is -4.24. The molecule has 2 aliphatic carbocycles. The number of fused-ring (bicyclic) bond motifs is 2. The predicted octanol–water partition coefficient (Wildman–Crippen LogP) is 0.528. The Balaban J connectivity index is 2.49. The van der Waals surface area contributed by atoms with Gasteiger partial charge in [0.1, 0.15) is 5.78 Å². The van der Waals surface area contributed by atoms with Crippen LogP contribution in [0.25, 0.3) is 0 Å². The lowest BCUT2D eigenvalue weighted by Crippen LogP contribution is -2.54. The summed E-state index contributed by atoms with van der Waals surface area (Å²) >= 11 is 0. The van der Waals surface area contributed by atoms with Crippen LogP contribution >= 0.6 is 0 Å². The summed E-state index contributed by atoms with van der Waals surface area (Å²) in [6, 6.07) is 0. The molecule has 7 heteroatoms. The van der Waals surface area contributed by atoms with E-state index < -0.39 is 32.2 Å². The second-order valence-corrected chi connectivity index (χ2v) is 7.75. The lowest BCUT2D eigenvalue weighted by atomic mass is 9.68. The summed E-state index contributed by atoms with van der Waals surface area (Å²) in [5, 5.41) is 2.84. The number of Topliss-reactive ketones (excluding diaryl/α,β-unsaturated/α-hetero) is 1. The van der Waals surface area contributed by atoms with E-state index in [1.165, 1.54) is 6.92 Å². The van der Waals surface area contributed by atoms with E-state index in [0.29, 0.717) is 12.8 Å². The number of hydrogen-bond acceptors (Lipinski definition) is 4. The first-order chi connectivity index (χ1) is 8.46. The van der Waals surface area contributed by atoms with Crippen LogP contribution in [0.4, 0.5) is 0 Å². The topological polar surface area (TPSA) is 101 Å². The van der Waals surface area contributed by atoms with E-state index in [0.717, 1.165) is 0 Å². The largest absolute Gasteiger partial charge is 0.350 e. The standard InChI is InChI=1S/C12H19NO5S/c1-8(14)13-12-5-4-11(9(15)6-12,10(12,2)3)7-19(16,17)18/h4-7H2,1-3H3,(H,13,14)(H,16,17,18). The summed E-state index contributed by atoms with van der Waals surface area (Å²) in [5.74, 6) is -0.978. The monoisotopic (exact) mass is 289 g/mol. The molecule has 2 saturated carbocycles. The number of nitrogens with one attached hydrogen (secondary N) is 1. The van der Waals surface area contributed by atoms with Crippen LogP contribution in [0.3, 0.4) is 0 Å². The molecule has 2 bridgehead atoms. The summed E-state index contributed by atoms with van der Waals surface area (Å²) < 4.78 is 31.6. The zero-order valence-electron chi connectivity index (χ0n) is 11.3. The Bertz CT molecular complexity index is 552. The van der Waals surface area contributed by atoms with Gasteiger partial charge in [-0.3, -0.25) is 14.1 Å². The fourth-order valence-electron chi connectivity index (χ4n) is 3.99. The number of hydrogen-bond donors (Lipinski definition) is 2. The van der Waals surface area contributed by atoms with Gasteiger partial charge in [-0.05, 0) is 12.8 Å². The van der Waals surface area contributed by atoms with Gasteiger partial charge in [-0.1, -0.05) is 13.8 Å². The molecule has 0 radical (unpaired) electrons. The van der Waals surface area contributed by atoms with Crippen LogP contribution in [0, 0.1) is 10.8 Å². The Hall–Kier alpha value is -0.950. The van der Waals surface area contributed by atoms with Crippen LogP contribution in [0.5, 0.6) is 0 Å². The van der Waals surface area contributed by atoms with E-state index in [1.54, 1.807) is 13.8 Å². The van der Waals surface area contributed by atoms with Crippen molar-refractivity contribution in [2.75, 3.05) is 5.75 Å². The van der Waals surface area contributed by atoms with Crippen LogP contribution < -0.4 is 5.32 Å². The molecule has 108 valence electrons. The second kappa shape index (κ2) is 3.79. The molecule has 19 heavy (non-hydrogen) atoms. The molecule has 6 nitrogen and oxygen atoms in total. The first-order valence-corrected chi connectivity index (χ1v) is 7.84. The van der Waals surface area contributed by atoms with Crippen molar-refractivity contribution in [1.82, 2.24) is 5.32 Å². The van der Waals surface area contributed by atoms with E-state index >= 15 is 0 Å². The molecule has 2 atom stereocenters. The highest BCUT2D eigenvalue weighted by Gasteiger charge is 2.73. The van der Waals surface area contributed by atoms with Crippen LogP contribution in [0.15, 0.2) is 0 Å². The minimum atomic E-state index is -4.24. The fraction of sp³-hybridized carbons (Fsp3) is 0.833. The van der Waals surface area contributed by atoms with E-state index in [-0.39, 0.29) is 18.1 Å². The smallest absolute Gasteiger partial charge is 0.265 e. The summed E-state index contributed by atoms with van der Waals surface area (Å²) in [6.07, 6.45) is 1.06. The Morgan fingerprint density at radius 2 is 1.95 bits per heavy atom. The van der Waals surface area contributed by atoms with E-state index in [2.05, 4.69) is 5.32 Å². The highest BCUT2D eigenvalue weighted by molar-refractivity contribution is 7.85. The maximum absolute atomic E-state index is 12.3. The quantitative estimate of drug-likeness (QED) is 0.738. The second-order valence-electron chi connectivity index (χ2n) is 6.30. The lowest BCUT2D eigenvalue weighted by molar-refractivity contribution is -0.128. The Morgan fingerprint density at radius 1 is 1.37 bits per heavy atom. The average Bonchev–Trinajstić information content (AvgIpc) is 2.44. The van der Waals surface area contributed by atoms with Crippen molar-refractivity contribution < 1.29 is 22.6 Å². The van der Waals surface area contributed by atoms with Crippen molar-refractivity contribution in [2.24, 2.45) is 10.8 Å². The van der Waals surface area contributed by atoms with Crippen molar-refractivity contribution in [3.8, 4) is 0 Å². The molecule has 0 aliphatic heterocycles. The Kier molecular flexibility index (Phi) is 2.88. The van der Waals surface area contributed by atoms with Crippen molar-refractivity contribution in [1.29, 1.82) is 0 Å². The minimum Gasteiger partial charge on any atom is -0.350 e. The van der Waals surface area contributed by atoms with Crippen molar-refractivity contribution >= 4 is 21.8 Å². The Labute approximate surface area is 112 Å². The number of carbonyl (C=O) groups is 2. The zero-order chi connectivity index (χ0) is 14.7. The van der Waals surface area contributed by atoms with E-state index in [4.69, 9.17) is 4.55 Å². The molecule has 0 heterocycles. The van der Waals surface area contributed by atoms with Crippen molar-refractivity contribution in [3.63, 3.8) is 0 Å². The molecule has 0 aromatic carbocycles. The lowest BCUT2D eigenvalue weighted by Gasteiger charge is -2.41. The maximum Gasteiger partial charge on any atom is 0.265 e. The molecule has 1 amide bonds. The van der Waals surface area contributed by atoms with Gasteiger partial charge in [-0.2, -0.15) is 8.42 Å². The van der Waals surface area contributed by atoms with E-state index in [1.807, 2.05) is 0 Å². The van der Waals surface area contributed by atoms with Crippen LogP contribution in [0.2, 0.25) is 0 Å². The average molecular weight is 289 g/mol. The van der Waals surface area contributed by atoms with Crippen LogP contribution in [-0.4, -0.2) is 36.0 Å². The maximum atomic E-state index is 12.3. The van der Waals surface area contributed by atoms with Crippen molar-refractivity contribution in [3.05, 3.63) is 0 Å². The molecule has 2 rings (SSSR count). The number of rotatable bonds is 3. The first-order valence-electron chi connectivity index (χ1n) is 6.23. The van der Waals surface area contributed by atoms with Gasteiger partial charge in [-0.25, -0.2) is 0 Å². The molecule has 0 spiro atoms. The zero-order valence-corrected chi connectivity index (χ0v) is 12.1. The molecule has 0 aromatic heterocycles. The molecular formula is C12H19NO5S. The summed E-state index contributed by atoms with van der Waals surface area (Å²) in [6.45, 7) is 4.98. The fourth-order valence-corrected chi connectivity index (χ4v) is 5.28. The number of carbonyl (C=O) groups excluding carboxylic acids is 2. The molecule has 2 N–H and O–H groups in total. The number of amides is 1. The van der Waals surface area contributed by atoms with Gasteiger partial charge in [0.2, 0.25) is 5.91 Å². The Morgan fingerprint density at radius 3 is 2.37 bits per heavy atom. The highest BCUT2D eigenvalue weighted by Crippen LogP contribution is 2.66. The number of ketones is 1. The summed E-state index contributed by atoms with van der Waals surface area (Å²) in [4.78, 5) is 23.7. The van der Waals surface area contributed by atoms with Gasteiger partial charge >= 0.3 is 0 Å². The molecule has 2 aliphatic rings. The molecule has 0 aromatic rings. The molecule has 2 fully saturated rings. The van der Waals surface area contributed by atoms with Crippen LogP contribution in [-0.2, 0) is 19.7 Å². The van der Waals surface area contributed by atoms with Gasteiger partial charge in [0.25, 0.3) is 10.1 Å². The third-order valence-electron chi connectivity index (χ3n) is 5.21. The van der Waals surface area contributed by atoms with Crippen molar-refractivity contribution in [2.45, 2.75) is 45.6 Å². The SMILES string of the molecule is CC(=O)NC12CCC(CS(=O)(=O)O)(C(=O)C1)C2(C)C. The molecule has 2 unspecified atom stereocenters. The van der Waals surface area contributed by atoms with Gasteiger partial charge < -0.3 is 5.32 Å². The van der Waals surface area contributed by atoms with Gasteiger partial charge in [-0.15, -0.1) is 0 Å². The van der Waals surface area contributed by atoms with Gasteiger partial charge in [0, 0.05) is 18.8 Å². The molecule has 0 saturated heterocycles. The molecular weight excluding hydrogens is 270 g/mol. The normalized spacial score (nSPS) is 36.5. The highest BCUT2D eigenvalue weighted by atomic mass is 32.2. The van der Waals surface area contributed by atoms with Gasteiger partial charge in [0.05, 0.1) is 16.7 Å². The predicted molar refractivity (Wildman–Crippen MR) is 68.0 cm³/mol.